The molecule has 0 radical (unpaired) electrons. The number of unbranched alkanes of at least 4 members (excludes halogenated alkanes) is 17. The summed E-state index contributed by atoms with van der Waals surface area (Å²) < 4.78 is 30.3. The van der Waals surface area contributed by atoms with Crippen molar-refractivity contribution in [3.63, 3.8) is 0 Å². The first-order valence-electron chi connectivity index (χ1n) is 47.6. The molecule has 0 spiro atoms. The third-order valence-corrected chi connectivity index (χ3v) is 20.7. The second kappa shape index (κ2) is 74.6. The Hall–Kier alpha value is -11.0. The minimum Gasteiger partial charge on any atom is -0.504 e. The molecule has 6 amide bonds. The Morgan fingerprint density at radius 2 is 0.435 bits per heavy atom. The first kappa shape index (κ1) is 118. The Morgan fingerprint density at radius 3 is 0.634 bits per heavy atom. The second-order valence-electron chi connectivity index (χ2n) is 34.7. The van der Waals surface area contributed by atoms with Crippen LogP contribution in [0.5, 0.6) is 69.0 Å². The van der Waals surface area contributed by atoms with Crippen LogP contribution in [0.2, 0.25) is 0 Å². The fourth-order valence-corrected chi connectivity index (χ4v) is 12.9. The van der Waals surface area contributed by atoms with Crippen molar-refractivity contribution in [2.24, 2.45) is 29.6 Å². The highest BCUT2D eigenvalue weighted by atomic mass is 16.5. The number of allylic oxidation sites excluding steroid dienone is 6. The summed E-state index contributed by atoms with van der Waals surface area (Å²) in [7, 11) is 9.05. The maximum Gasteiger partial charge on any atom is 0.220 e. The number of phenols is 6. The summed E-state index contributed by atoms with van der Waals surface area (Å²) >= 11 is 0. The third kappa shape index (κ3) is 62.0. The number of hydrogen-bond donors (Lipinski definition) is 12. The van der Waals surface area contributed by atoms with Gasteiger partial charge in [-0.25, -0.2) is 0 Å². The lowest BCUT2D eigenvalue weighted by Gasteiger charge is -2.08. The van der Waals surface area contributed by atoms with Gasteiger partial charge in [-0.15, -0.1) is 0 Å². The van der Waals surface area contributed by atoms with E-state index in [4.69, 9.17) is 28.4 Å². The van der Waals surface area contributed by atoms with Crippen LogP contribution in [0.15, 0.2) is 146 Å². The van der Waals surface area contributed by atoms with Crippen molar-refractivity contribution in [1.29, 1.82) is 0 Å². The highest BCUT2D eigenvalue weighted by Gasteiger charge is 2.14. The SMILES string of the molecule is CCCCCCCCC(=O)NCc1ccc(O)c(OC)c1.COc1cc(CNC(=O)CCCC/C=C/C(C)C)ccc1O.COc1cc(CNC(=O)CCCC/C=C/C(C)C)ccc1O.COc1cc(CNC(=O)CCCCC/C=C/C(C)C)ccc1O.COc1cc(CNC(=O)CCCCCC(C)C)ccc1O.COc1cc(CNC(=O)CCCCCCC(C)C)ccc1O. The third-order valence-electron chi connectivity index (χ3n) is 20.7. The van der Waals surface area contributed by atoms with Gasteiger partial charge in [-0.1, -0.05) is 232 Å². The van der Waals surface area contributed by atoms with Crippen LogP contribution in [0.1, 0.15) is 309 Å². The molecule has 0 heterocycles. The molecule has 0 aromatic heterocycles. The van der Waals surface area contributed by atoms with Crippen molar-refractivity contribution in [2.75, 3.05) is 42.7 Å². The molecule has 131 heavy (non-hydrogen) atoms. The van der Waals surface area contributed by atoms with Crippen LogP contribution in [0, 0.1) is 29.6 Å². The molecule has 24 nitrogen and oxygen atoms in total. The number of benzene rings is 6. The average Bonchev–Trinajstić information content (AvgIpc) is 0.905. The van der Waals surface area contributed by atoms with E-state index >= 15 is 0 Å². The highest BCUT2D eigenvalue weighted by molar-refractivity contribution is 5.78. The van der Waals surface area contributed by atoms with Gasteiger partial charge in [0.25, 0.3) is 0 Å². The zero-order valence-electron chi connectivity index (χ0n) is 82.5. The van der Waals surface area contributed by atoms with E-state index in [2.05, 4.69) is 145 Å². The Bertz CT molecular complexity index is 4100. The van der Waals surface area contributed by atoms with Crippen molar-refractivity contribution in [3.05, 3.63) is 179 Å². The zero-order valence-corrected chi connectivity index (χ0v) is 82.5. The number of amides is 6. The van der Waals surface area contributed by atoms with Gasteiger partial charge in [-0.3, -0.25) is 28.8 Å². The highest BCUT2D eigenvalue weighted by Crippen LogP contribution is 2.32. The van der Waals surface area contributed by atoms with Crippen LogP contribution < -0.4 is 60.3 Å². The summed E-state index contributed by atoms with van der Waals surface area (Å²) in [5, 5.41) is 74.5. The molecule has 0 saturated heterocycles. The molecule has 0 aliphatic rings. The van der Waals surface area contributed by atoms with E-state index in [1.807, 2.05) is 0 Å². The van der Waals surface area contributed by atoms with Crippen LogP contribution in [-0.4, -0.2) is 109 Å². The Balaban J connectivity index is 0.000000786. The van der Waals surface area contributed by atoms with E-state index in [-0.39, 0.29) is 69.9 Å². The van der Waals surface area contributed by atoms with Gasteiger partial charge in [0.15, 0.2) is 69.0 Å². The summed E-state index contributed by atoms with van der Waals surface area (Å²) in [6.45, 7) is 26.8. The number of hydrogen-bond acceptors (Lipinski definition) is 18. The number of rotatable bonds is 57. The van der Waals surface area contributed by atoms with Crippen LogP contribution >= 0.6 is 0 Å². The smallest absolute Gasteiger partial charge is 0.220 e. The lowest BCUT2D eigenvalue weighted by Crippen LogP contribution is -2.22. The molecule has 6 aromatic rings. The molecule has 0 aliphatic heterocycles. The summed E-state index contributed by atoms with van der Waals surface area (Å²) in [4.78, 5) is 70.6. The van der Waals surface area contributed by atoms with Crippen molar-refractivity contribution in [1.82, 2.24) is 31.9 Å². The van der Waals surface area contributed by atoms with Gasteiger partial charge >= 0.3 is 0 Å². The van der Waals surface area contributed by atoms with Crippen LogP contribution in [0.3, 0.4) is 0 Å². The zero-order chi connectivity index (χ0) is 97.4. The van der Waals surface area contributed by atoms with Crippen molar-refractivity contribution >= 4 is 35.4 Å². The molecule has 0 unspecified atom stereocenters. The summed E-state index contributed by atoms with van der Waals surface area (Å²) in [6, 6.07) is 30.5. The first-order chi connectivity index (χ1) is 62.8. The molecule has 0 saturated carbocycles. The number of ether oxygens (including phenoxy) is 6. The topological polar surface area (TPSA) is 351 Å². The van der Waals surface area contributed by atoms with E-state index in [9.17, 15) is 59.4 Å². The fourth-order valence-electron chi connectivity index (χ4n) is 12.9. The lowest BCUT2D eigenvalue weighted by atomic mass is 10.0. The largest absolute Gasteiger partial charge is 0.504 e. The number of carbonyl (C=O) groups excluding carboxylic acids is 6. The first-order valence-corrected chi connectivity index (χ1v) is 47.6. The van der Waals surface area contributed by atoms with Crippen LogP contribution in [0.4, 0.5) is 0 Å². The Kier molecular flexibility index (Phi) is 67.2. The molecule has 0 bridgehead atoms. The molecule has 12 N–H and O–H groups in total. The van der Waals surface area contributed by atoms with E-state index in [0.29, 0.717) is 130 Å². The minimum atomic E-state index is 0.0554. The molecule has 0 atom stereocenters. The van der Waals surface area contributed by atoms with Crippen LogP contribution in [-0.2, 0) is 68.0 Å². The quantitative estimate of drug-likeness (QED) is 0.0125. The van der Waals surface area contributed by atoms with Gasteiger partial charge < -0.3 is 91.0 Å². The number of aromatic hydroxyl groups is 6. The maximum atomic E-state index is 11.8. The number of methoxy groups -OCH3 is 6. The molecule has 0 aliphatic carbocycles. The molecular weight excluding hydrogens is 1660 g/mol. The van der Waals surface area contributed by atoms with Gasteiger partial charge in [-0.05, 0) is 213 Å². The van der Waals surface area contributed by atoms with E-state index in [1.165, 1.54) is 100 Å². The van der Waals surface area contributed by atoms with Crippen molar-refractivity contribution in [2.45, 2.75) is 314 Å². The molecule has 732 valence electrons. The van der Waals surface area contributed by atoms with Crippen molar-refractivity contribution < 1.29 is 87.8 Å². The summed E-state index contributed by atoms with van der Waals surface area (Å²) in [5.41, 5.74) is 5.47. The summed E-state index contributed by atoms with van der Waals surface area (Å²) in [6.07, 6.45) is 44.1. The van der Waals surface area contributed by atoms with Gasteiger partial charge in [0.2, 0.25) is 35.4 Å². The maximum absolute atomic E-state index is 11.8. The molecule has 0 fully saturated rings. The van der Waals surface area contributed by atoms with E-state index in [0.717, 1.165) is 148 Å². The average molecular weight is 1820 g/mol. The molecular formula is C107H166N6O18. The van der Waals surface area contributed by atoms with E-state index < -0.39 is 0 Å². The fraction of sp³-hybridized carbons (Fsp3) is 0.551. The molecule has 6 aromatic carbocycles. The normalized spacial score (nSPS) is 10.9. The lowest BCUT2D eigenvalue weighted by molar-refractivity contribution is -0.122. The van der Waals surface area contributed by atoms with Crippen molar-refractivity contribution in [3.8, 4) is 69.0 Å². The van der Waals surface area contributed by atoms with Gasteiger partial charge in [0.05, 0.1) is 42.7 Å². The number of carbonyl (C=O) groups is 6. The second-order valence-corrected chi connectivity index (χ2v) is 34.7. The Labute approximate surface area is 785 Å². The predicted octanol–water partition coefficient (Wildman–Crippen LogP) is 23.2. The van der Waals surface area contributed by atoms with Gasteiger partial charge in [-0.2, -0.15) is 0 Å². The monoisotopic (exact) mass is 1820 g/mol. The molecule has 6 rings (SSSR count). The predicted molar refractivity (Wildman–Crippen MR) is 529 cm³/mol. The van der Waals surface area contributed by atoms with Gasteiger partial charge in [0.1, 0.15) is 0 Å². The number of nitrogens with one attached hydrogen (secondary N) is 6. The molecule has 24 heteroatoms. The Morgan fingerprint density at radius 1 is 0.260 bits per heavy atom. The van der Waals surface area contributed by atoms with Crippen LogP contribution in [0.25, 0.3) is 0 Å². The minimum absolute atomic E-state index is 0.0554. The van der Waals surface area contributed by atoms with Gasteiger partial charge in [0, 0.05) is 77.8 Å². The van der Waals surface area contributed by atoms with E-state index in [1.54, 1.807) is 109 Å². The number of phenolic OH excluding ortho intramolecular Hbond substituents is 6. The standard InChI is InChI=1S/C19H29NO3.C18H29NO3.2C18H27NO3.2C17H27NO3/c1-15(2)9-7-5-4-6-8-10-19(22)20-14-16-11-12-17(21)18(13-16)23-3;3*1-14(2)8-6-4-5-7-9-18(21)19-13-15-10-11-16(20)17(12-15)22-3;1-13(2)7-5-4-6-8-17(20)18-12-14-9-10-15(19)16(11-14)21-3;1-3-4-5-6-7-8-9-17(20)18-13-14-10-11-15(19)16(12-14)21-2/h7,9,11-13,15,21H,4-6,8,10,14H2,1-3H3,(H,20,22);10-12,14,20H,4-9,13H2,1-3H3,(H,19,21);2*6,8,10-12,14,20H,4-5,7,9,13H2,1-3H3,(H,19,21);9-11,13,19H,4-8,12H2,1-3H3,(H,18,20);10-12,19H,3-9,13H2,1-2H3,(H,18,20)/b9-7+;;2*8-6+;;. The summed E-state index contributed by atoms with van der Waals surface area (Å²) in [5.74, 6) is 6.90.